The van der Waals surface area contributed by atoms with Crippen molar-refractivity contribution < 1.29 is 0 Å². The van der Waals surface area contributed by atoms with Crippen LogP contribution < -0.4 is 5.73 Å². The van der Waals surface area contributed by atoms with Crippen molar-refractivity contribution in [3.8, 4) is 0 Å². The quantitative estimate of drug-likeness (QED) is 0.763. The molecule has 0 aliphatic carbocycles. The van der Waals surface area contributed by atoms with Gasteiger partial charge in [-0.3, -0.25) is 4.98 Å². The lowest BCUT2D eigenvalue weighted by Crippen LogP contribution is -2.13. The Balaban J connectivity index is 2.17. The van der Waals surface area contributed by atoms with Crippen LogP contribution in [0.15, 0.2) is 54.7 Å². The number of hydrogen-bond donors (Lipinski definition) is 1. The number of fused-ring (bicyclic) bond motifs is 1. The summed E-state index contributed by atoms with van der Waals surface area (Å²) in [5.41, 5.74) is 10.7. The number of rotatable bonds is 2. The summed E-state index contributed by atoms with van der Waals surface area (Å²) in [6, 6.07) is 15.6. The normalized spacial score (nSPS) is 12.6. The first-order valence-electron chi connectivity index (χ1n) is 6.52. The second-order valence-electron chi connectivity index (χ2n) is 4.90. The average Bonchev–Trinajstić information content (AvgIpc) is 2.48. The van der Waals surface area contributed by atoms with Gasteiger partial charge in [-0.05, 0) is 47.9 Å². The number of aromatic nitrogens is 1. The molecule has 3 aromatic rings. The third-order valence-corrected chi connectivity index (χ3v) is 3.83. The summed E-state index contributed by atoms with van der Waals surface area (Å²) < 4.78 is 0. The van der Waals surface area contributed by atoms with E-state index < -0.39 is 0 Å². The minimum Gasteiger partial charge on any atom is -0.320 e. The predicted octanol–water partition coefficient (Wildman–Crippen LogP) is 4.24. The summed E-state index contributed by atoms with van der Waals surface area (Å²) in [5.74, 6) is 0. The Morgan fingerprint density at radius 3 is 2.75 bits per heavy atom. The minimum atomic E-state index is -0.207. The van der Waals surface area contributed by atoms with E-state index in [4.69, 9.17) is 17.3 Å². The van der Waals surface area contributed by atoms with Crippen LogP contribution in [0.2, 0.25) is 5.02 Å². The van der Waals surface area contributed by atoms with E-state index >= 15 is 0 Å². The fourth-order valence-electron chi connectivity index (χ4n) is 2.51. The molecule has 2 aromatic carbocycles. The van der Waals surface area contributed by atoms with Crippen molar-refractivity contribution in [2.45, 2.75) is 13.0 Å². The van der Waals surface area contributed by atoms with E-state index in [9.17, 15) is 0 Å². The van der Waals surface area contributed by atoms with Crippen molar-refractivity contribution in [3.05, 3.63) is 76.4 Å². The number of halogens is 1. The molecule has 0 radical (unpaired) electrons. The molecule has 0 aliphatic rings. The summed E-state index contributed by atoms with van der Waals surface area (Å²) in [6.45, 7) is 2.05. The molecule has 0 saturated carbocycles. The van der Waals surface area contributed by atoms with Gasteiger partial charge in [0.05, 0.1) is 11.6 Å². The molecule has 1 atom stereocenters. The van der Waals surface area contributed by atoms with E-state index in [0.717, 1.165) is 27.6 Å². The largest absolute Gasteiger partial charge is 0.320 e. The highest BCUT2D eigenvalue weighted by atomic mass is 35.5. The van der Waals surface area contributed by atoms with Gasteiger partial charge in [0.2, 0.25) is 0 Å². The second-order valence-corrected chi connectivity index (χ2v) is 5.33. The summed E-state index contributed by atoms with van der Waals surface area (Å²) in [5, 5.41) is 1.79. The first-order valence-corrected chi connectivity index (χ1v) is 6.90. The van der Waals surface area contributed by atoms with Crippen molar-refractivity contribution >= 4 is 22.5 Å². The molecule has 0 spiro atoms. The highest BCUT2D eigenvalue weighted by molar-refractivity contribution is 6.30. The van der Waals surface area contributed by atoms with Crippen molar-refractivity contribution in [3.63, 3.8) is 0 Å². The van der Waals surface area contributed by atoms with Gasteiger partial charge in [-0.1, -0.05) is 35.9 Å². The van der Waals surface area contributed by atoms with E-state index in [1.54, 1.807) is 6.20 Å². The summed E-state index contributed by atoms with van der Waals surface area (Å²) in [4.78, 5) is 4.38. The van der Waals surface area contributed by atoms with Crippen LogP contribution in [0.5, 0.6) is 0 Å². The Morgan fingerprint density at radius 2 is 1.90 bits per heavy atom. The molecule has 0 aliphatic heterocycles. The zero-order valence-corrected chi connectivity index (χ0v) is 11.9. The molecule has 1 aromatic heterocycles. The first kappa shape index (κ1) is 13.1. The third-order valence-electron chi connectivity index (χ3n) is 3.59. The number of aryl methyl sites for hydroxylation is 1. The molecule has 3 rings (SSSR count). The Morgan fingerprint density at radius 1 is 1.05 bits per heavy atom. The van der Waals surface area contributed by atoms with Crippen LogP contribution in [0.25, 0.3) is 10.9 Å². The maximum Gasteiger partial charge on any atom is 0.0705 e. The van der Waals surface area contributed by atoms with Crippen molar-refractivity contribution in [1.82, 2.24) is 4.98 Å². The monoisotopic (exact) mass is 282 g/mol. The van der Waals surface area contributed by atoms with Gasteiger partial charge in [0.25, 0.3) is 0 Å². The van der Waals surface area contributed by atoms with Crippen LogP contribution in [0.3, 0.4) is 0 Å². The molecular formula is C17H15ClN2. The highest BCUT2D eigenvalue weighted by Gasteiger charge is 2.14. The molecule has 2 N–H and O–H groups in total. The lowest BCUT2D eigenvalue weighted by atomic mass is 9.93. The molecular weight excluding hydrogens is 268 g/mol. The van der Waals surface area contributed by atoms with Gasteiger partial charge < -0.3 is 5.73 Å². The summed E-state index contributed by atoms with van der Waals surface area (Å²) in [7, 11) is 0. The zero-order chi connectivity index (χ0) is 14.1. The molecule has 100 valence electrons. The van der Waals surface area contributed by atoms with E-state index in [1.165, 1.54) is 0 Å². The van der Waals surface area contributed by atoms with E-state index in [2.05, 4.69) is 24.0 Å². The topological polar surface area (TPSA) is 38.9 Å². The molecule has 1 heterocycles. The SMILES string of the molecule is Cc1ccc(Cl)cc1C(N)c1cccc2ncccc12. The van der Waals surface area contributed by atoms with E-state index in [0.29, 0.717) is 5.02 Å². The van der Waals surface area contributed by atoms with Crippen molar-refractivity contribution in [2.24, 2.45) is 5.73 Å². The highest BCUT2D eigenvalue weighted by Crippen LogP contribution is 2.29. The van der Waals surface area contributed by atoms with E-state index in [1.807, 2.05) is 36.4 Å². The van der Waals surface area contributed by atoms with Gasteiger partial charge in [0.1, 0.15) is 0 Å². The Kier molecular flexibility index (Phi) is 3.43. The maximum atomic E-state index is 6.47. The number of benzene rings is 2. The lowest BCUT2D eigenvalue weighted by Gasteiger charge is -2.17. The number of nitrogens with zero attached hydrogens (tertiary/aromatic N) is 1. The number of pyridine rings is 1. The standard InChI is InChI=1S/C17H15ClN2/c1-11-7-8-12(18)10-15(11)17(19)14-4-2-6-16-13(14)5-3-9-20-16/h2-10,17H,19H2,1H3. The molecule has 0 fully saturated rings. The van der Waals surface area contributed by atoms with Crippen LogP contribution in [0.4, 0.5) is 0 Å². The van der Waals surface area contributed by atoms with Gasteiger partial charge >= 0.3 is 0 Å². The average molecular weight is 283 g/mol. The molecule has 3 heteroatoms. The maximum absolute atomic E-state index is 6.47. The van der Waals surface area contributed by atoms with E-state index in [-0.39, 0.29) is 6.04 Å². The Hall–Kier alpha value is -1.90. The lowest BCUT2D eigenvalue weighted by molar-refractivity contribution is 0.870. The predicted molar refractivity (Wildman–Crippen MR) is 84.0 cm³/mol. The third kappa shape index (κ3) is 2.28. The fourth-order valence-corrected chi connectivity index (χ4v) is 2.69. The van der Waals surface area contributed by atoms with Crippen molar-refractivity contribution in [2.75, 3.05) is 0 Å². The van der Waals surface area contributed by atoms with Crippen LogP contribution in [0, 0.1) is 6.92 Å². The van der Waals surface area contributed by atoms with Crippen molar-refractivity contribution in [1.29, 1.82) is 0 Å². The molecule has 20 heavy (non-hydrogen) atoms. The fraction of sp³-hybridized carbons (Fsp3) is 0.118. The number of nitrogens with two attached hydrogens (primary N) is 1. The Labute approximate surface area is 123 Å². The van der Waals surface area contributed by atoms with Gasteiger partial charge in [-0.15, -0.1) is 0 Å². The van der Waals surface area contributed by atoms with Gasteiger partial charge in [-0.2, -0.15) is 0 Å². The van der Waals surface area contributed by atoms with Crippen LogP contribution in [-0.4, -0.2) is 4.98 Å². The molecule has 1 unspecified atom stereocenters. The minimum absolute atomic E-state index is 0.207. The first-order chi connectivity index (χ1) is 9.66. The number of hydrogen-bond acceptors (Lipinski definition) is 2. The second kappa shape index (κ2) is 5.23. The molecule has 0 saturated heterocycles. The molecule has 0 amide bonds. The zero-order valence-electron chi connectivity index (χ0n) is 11.2. The van der Waals surface area contributed by atoms with Gasteiger partial charge in [0, 0.05) is 16.6 Å². The van der Waals surface area contributed by atoms with Crippen LogP contribution in [0.1, 0.15) is 22.7 Å². The van der Waals surface area contributed by atoms with Gasteiger partial charge in [0.15, 0.2) is 0 Å². The molecule has 2 nitrogen and oxygen atoms in total. The summed E-state index contributed by atoms with van der Waals surface area (Å²) >= 11 is 6.10. The van der Waals surface area contributed by atoms with Gasteiger partial charge in [-0.25, -0.2) is 0 Å². The van der Waals surface area contributed by atoms with Crippen LogP contribution in [-0.2, 0) is 0 Å². The Bertz CT molecular complexity index is 763. The van der Waals surface area contributed by atoms with Crippen LogP contribution >= 0.6 is 11.6 Å². The molecule has 0 bridgehead atoms. The smallest absolute Gasteiger partial charge is 0.0705 e. The summed E-state index contributed by atoms with van der Waals surface area (Å²) in [6.07, 6.45) is 1.79.